The number of hydrogen-bond acceptors (Lipinski definition) is 0. The lowest BCUT2D eigenvalue weighted by Crippen LogP contribution is -2.66. The van der Waals surface area contributed by atoms with Crippen LogP contribution in [0.1, 0.15) is 0 Å². The highest BCUT2D eigenvalue weighted by Gasteiger charge is 2.88. The van der Waals surface area contributed by atoms with E-state index in [2.05, 4.69) is 0 Å². The Bertz CT molecular complexity index is 571. The van der Waals surface area contributed by atoms with Crippen molar-refractivity contribution in [1.29, 1.82) is 0 Å². The van der Waals surface area contributed by atoms with Crippen LogP contribution >= 0.6 is 0 Å². The van der Waals surface area contributed by atoms with Crippen molar-refractivity contribution in [3.63, 3.8) is 0 Å². The van der Waals surface area contributed by atoms with E-state index >= 15 is 0 Å². The van der Waals surface area contributed by atoms with Crippen LogP contribution in [0.5, 0.6) is 0 Å². The zero-order valence-electron chi connectivity index (χ0n) is 12.0. The first kappa shape index (κ1) is 26.5. The molecule has 0 heterocycles. The summed E-state index contributed by atoms with van der Waals surface area (Å²) in [7, 11) is 0. The predicted octanol–water partition coefficient (Wildman–Crippen LogP) is 6.68. The number of hydrogen-bond donors (Lipinski definition) is 0. The van der Waals surface area contributed by atoms with E-state index < -0.39 is 60.0 Å². The van der Waals surface area contributed by atoms with Gasteiger partial charge in [-0.1, -0.05) is 0 Å². The first-order valence-electron chi connectivity index (χ1n) is 5.86. The molecule has 0 radical (unpaired) electrons. The molecule has 0 nitrogen and oxygen atoms in total. The SMILES string of the molecule is FC(=C(F)C(C(F)(F)F)(C(F)(F)F)C(F)(F)C(F)C(F)F)C(F)(F)C(F)(F)F. The Morgan fingerprint density at radius 3 is 1.04 bits per heavy atom. The zero-order chi connectivity index (χ0) is 23.3. The van der Waals surface area contributed by atoms with Gasteiger partial charge < -0.3 is 0 Å². The number of rotatable bonds is 5. The number of halogens is 18. The van der Waals surface area contributed by atoms with Gasteiger partial charge in [-0.25, -0.2) is 30.7 Å². The summed E-state index contributed by atoms with van der Waals surface area (Å²) >= 11 is 0. The molecule has 0 aliphatic rings. The second-order valence-electron chi connectivity index (χ2n) is 4.80. The van der Waals surface area contributed by atoms with Crippen molar-refractivity contribution in [3.8, 4) is 0 Å². The molecule has 0 aromatic rings. The second-order valence-corrected chi connectivity index (χ2v) is 4.80. The summed E-state index contributed by atoms with van der Waals surface area (Å²) in [6, 6.07) is 0. The minimum atomic E-state index is -8.15. The second kappa shape index (κ2) is 7.07. The van der Waals surface area contributed by atoms with E-state index in [1.807, 2.05) is 0 Å². The van der Waals surface area contributed by atoms with Crippen molar-refractivity contribution in [1.82, 2.24) is 0 Å². The van der Waals surface area contributed by atoms with E-state index in [9.17, 15) is 79.0 Å². The van der Waals surface area contributed by atoms with Crippen molar-refractivity contribution in [2.75, 3.05) is 0 Å². The summed E-state index contributed by atoms with van der Waals surface area (Å²) in [5.41, 5.74) is -8.15. The number of alkyl halides is 16. The molecule has 0 N–H and O–H groups in total. The molecule has 18 heteroatoms. The van der Waals surface area contributed by atoms with Crippen LogP contribution in [0.15, 0.2) is 11.7 Å². The lowest BCUT2D eigenvalue weighted by atomic mass is 9.75. The topological polar surface area (TPSA) is 0 Å². The molecule has 0 aliphatic heterocycles. The fourth-order valence-corrected chi connectivity index (χ4v) is 1.73. The van der Waals surface area contributed by atoms with Crippen molar-refractivity contribution in [2.45, 2.75) is 43.0 Å². The predicted molar refractivity (Wildman–Crippen MR) is 50.6 cm³/mol. The van der Waals surface area contributed by atoms with E-state index in [4.69, 9.17) is 0 Å². The molecule has 0 rings (SSSR count). The molecular formula is C10H2F18. The quantitative estimate of drug-likeness (QED) is 0.398. The molecule has 1 atom stereocenters. The van der Waals surface area contributed by atoms with Gasteiger partial charge >= 0.3 is 30.4 Å². The van der Waals surface area contributed by atoms with Crippen molar-refractivity contribution in [2.24, 2.45) is 5.41 Å². The van der Waals surface area contributed by atoms with Crippen LogP contribution in [0.25, 0.3) is 0 Å². The normalized spacial score (nSPS) is 17.7. The van der Waals surface area contributed by atoms with Gasteiger partial charge in [-0.15, -0.1) is 0 Å². The highest BCUT2D eigenvalue weighted by atomic mass is 19.4. The summed E-state index contributed by atoms with van der Waals surface area (Å²) < 4.78 is 227. The molecule has 0 aromatic carbocycles. The fourth-order valence-electron chi connectivity index (χ4n) is 1.73. The third-order valence-corrected chi connectivity index (χ3v) is 3.07. The molecule has 28 heavy (non-hydrogen) atoms. The maximum Gasteiger partial charge on any atom is 0.460 e. The molecule has 0 saturated carbocycles. The maximum absolute atomic E-state index is 13.4. The summed E-state index contributed by atoms with van der Waals surface area (Å²) in [6.45, 7) is 0. The summed E-state index contributed by atoms with van der Waals surface area (Å²) in [5, 5.41) is 0. The van der Waals surface area contributed by atoms with Crippen molar-refractivity contribution in [3.05, 3.63) is 11.7 Å². The van der Waals surface area contributed by atoms with Crippen LogP contribution in [0.3, 0.4) is 0 Å². The summed E-state index contributed by atoms with van der Waals surface area (Å²) in [5.74, 6) is -26.4. The largest absolute Gasteiger partial charge is 0.460 e. The van der Waals surface area contributed by atoms with Crippen LogP contribution in [0, 0.1) is 5.41 Å². The molecule has 0 bridgehead atoms. The molecule has 0 aliphatic carbocycles. The van der Waals surface area contributed by atoms with Crippen LogP contribution < -0.4 is 0 Å². The van der Waals surface area contributed by atoms with Crippen molar-refractivity contribution >= 4 is 0 Å². The monoisotopic (exact) mass is 464 g/mol. The van der Waals surface area contributed by atoms with E-state index in [1.54, 1.807) is 0 Å². The van der Waals surface area contributed by atoms with E-state index in [-0.39, 0.29) is 0 Å². The van der Waals surface area contributed by atoms with Gasteiger partial charge in [0.1, 0.15) is 0 Å². The number of allylic oxidation sites excluding steroid dienone is 2. The molecule has 0 amide bonds. The Labute approximate surface area is 140 Å². The first-order valence-corrected chi connectivity index (χ1v) is 5.86. The van der Waals surface area contributed by atoms with Gasteiger partial charge in [0.05, 0.1) is 0 Å². The molecule has 0 fully saturated rings. The Morgan fingerprint density at radius 1 is 0.500 bits per heavy atom. The molecular weight excluding hydrogens is 462 g/mol. The van der Waals surface area contributed by atoms with E-state index in [0.717, 1.165) is 0 Å². The van der Waals surface area contributed by atoms with Crippen LogP contribution in [0.2, 0.25) is 0 Å². The van der Waals surface area contributed by atoms with Gasteiger partial charge in [-0.2, -0.15) is 48.3 Å². The van der Waals surface area contributed by atoms with Crippen LogP contribution in [0.4, 0.5) is 79.0 Å². The molecule has 168 valence electrons. The van der Waals surface area contributed by atoms with Gasteiger partial charge in [0.15, 0.2) is 5.83 Å². The highest BCUT2D eigenvalue weighted by molar-refractivity contribution is 5.28. The summed E-state index contributed by atoms with van der Waals surface area (Å²) in [6.07, 6.45) is -35.1. The smallest absolute Gasteiger partial charge is 0.234 e. The molecule has 0 aromatic heterocycles. The fraction of sp³-hybridized carbons (Fsp3) is 0.800. The third-order valence-electron chi connectivity index (χ3n) is 3.07. The lowest BCUT2D eigenvalue weighted by Gasteiger charge is -2.42. The zero-order valence-corrected chi connectivity index (χ0v) is 12.0. The summed E-state index contributed by atoms with van der Waals surface area (Å²) in [4.78, 5) is 0. The Balaban J connectivity index is 7.52. The Kier molecular flexibility index (Phi) is 6.68. The average Bonchev–Trinajstić information content (AvgIpc) is 2.40. The van der Waals surface area contributed by atoms with E-state index in [1.165, 1.54) is 0 Å². The molecule has 1 unspecified atom stereocenters. The first-order chi connectivity index (χ1) is 11.9. The average molecular weight is 464 g/mol. The minimum absolute atomic E-state index is 5.38. The lowest BCUT2D eigenvalue weighted by molar-refractivity contribution is -0.402. The third kappa shape index (κ3) is 3.69. The van der Waals surface area contributed by atoms with Crippen molar-refractivity contribution < 1.29 is 79.0 Å². The van der Waals surface area contributed by atoms with Crippen LogP contribution in [-0.2, 0) is 0 Å². The van der Waals surface area contributed by atoms with Gasteiger partial charge in [0.25, 0.3) is 11.8 Å². The molecule has 0 saturated heterocycles. The molecule has 0 spiro atoms. The Hall–Kier alpha value is -1.52. The van der Waals surface area contributed by atoms with Gasteiger partial charge in [0.2, 0.25) is 12.0 Å². The highest BCUT2D eigenvalue weighted by Crippen LogP contribution is 2.66. The Morgan fingerprint density at radius 2 is 0.821 bits per heavy atom. The van der Waals surface area contributed by atoms with Gasteiger partial charge in [-0.3, -0.25) is 0 Å². The van der Waals surface area contributed by atoms with Gasteiger partial charge in [0, 0.05) is 0 Å². The van der Waals surface area contributed by atoms with Gasteiger partial charge in [-0.05, 0) is 0 Å². The minimum Gasteiger partial charge on any atom is -0.234 e. The standard InChI is InChI=1S/C10H2F18/c11-1(2(12)7(18,19)10(26,27)28)5(8(20,21)22,9(23,24)25)6(16,17)3(13)4(14)15/h3-4H. The van der Waals surface area contributed by atoms with E-state index in [0.29, 0.717) is 0 Å². The maximum atomic E-state index is 13.4. The van der Waals surface area contributed by atoms with Crippen LogP contribution in [-0.4, -0.2) is 43.0 Å².